The zero-order valence-corrected chi connectivity index (χ0v) is 16.8. The molecule has 5 nitrogen and oxygen atoms in total. The number of amides is 1. The number of carbonyl (C=O) groups excluding carboxylic acids is 2. The molecule has 1 aliphatic carbocycles. The average molecular weight is 361 g/mol. The summed E-state index contributed by atoms with van der Waals surface area (Å²) >= 11 is 0. The molecule has 0 radical (unpaired) electrons. The number of ketones is 1. The molecule has 1 amide bonds. The molecule has 0 aromatic carbocycles. The summed E-state index contributed by atoms with van der Waals surface area (Å²) < 4.78 is 11.8. The second-order valence-electron chi connectivity index (χ2n) is 10.3. The Hall–Kier alpha value is -1.36. The molecule has 144 valence electrons. The number of Topliss-reactive ketones (excluding diaryl/α,β-unsaturated/α-hetero) is 1. The Bertz CT molecular complexity index is 679. The molecule has 26 heavy (non-hydrogen) atoms. The van der Waals surface area contributed by atoms with Crippen LogP contribution in [0.3, 0.4) is 0 Å². The number of hydrogen-bond acceptors (Lipinski definition) is 4. The van der Waals surface area contributed by atoms with E-state index in [1.807, 2.05) is 32.9 Å². The van der Waals surface area contributed by atoms with Crippen molar-refractivity contribution in [3.63, 3.8) is 0 Å². The van der Waals surface area contributed by atoms with Crippen LogP contribution in [0, 0.1) is 16.7 Å². The summed E-state index contributed by atoms with van der Waals surface area (Å²) in [5, 5.41) is 0. The van der Waals surface area contributed by atoms with Gasteiger partial charge in [0.05, 0.1) is 18.7 Å². The van der Waals surface area contributed by atoms with Crippen molar-refractivity contribution in [1.29, 1.82) is 0 Å². The third-order valence-electron chi connectivity index (χ3n) is 7.64. The van der Waals surface area contributed by atoms with Crippen LogP contribution in [0.2, 0.25) is 0 Å². The summed E-state index contributed by atoms with van der Waals surface area (Å²) in [5.74, 6) is -0.00798. The molecule has 4 aliphatic rings. The Morgan fingerprint density at radius 1 is 1.15 bits per heavy atom. The highest BCUT2D eigenvalue weighted by atomic mass is 16.6. The lowest BCUT2D eigenvalue weighted by molar-refractivity contribution is -0.152. The molecule has 0 aromatic heterocycles. The van der Waals surface area contributed by atoms with Crippen LogP contribution in [-0.2, 0) is 14.3 Å². The molecular weight excluding hydrogens is 330 g/mol. The summed E-state index contributed by atoms with van der Waals surface area (Å²) in [7, 11) is 0. The second-order valence-corrected chi connectivity index (χ2v) is 10.3. The van der Waals surface area contributed by atoms with E-state index < -0.39 is 11.2 Å². The molecule has 4 rings (SSSR count). The first-order valence-corrected chi connectivity index (χ1v) is 9.80. The number of rotatable bonds is 2. The van der Waals surface area contributed by atoms with Crippen molar-refractivity contribution in [2.45, 2.75) is 84.1 Å². The Morgan fingerprint density at radius 2 is 1.85 bits per heavy atom. The molecule has 3 aliphatic heterocycles. The molecule has 2 saturated heterocycles. The summed E-state index contributed by atoms with van der Waals surface area (Å²) in [4.78, 5) is 28.1. The molecule has 3 heterocycles. The fourth-order valence-electron chi connectivity index (χ4n) is 5.56. The first-order chi connectivity index (χ1) is 11.9. The van der Waals surface area contributed by atoms with Gasteiger partial charge in [0.2, 0.25) is 0 Å². The summed E-state index contributed by atoms with van der Waals surface area (Å²) in [6.07, 6.45) is 6.21. The van der Waals surface area contributed by atoms with Gasteiger partial charge in [0.25, 0.3) is 0 Å². The zero-order valence-electron chi connectivity index (χ0n) is 16.8. The van der Waals surface area contributed by atoms with Gasteiger partial charge in [0.1, 0.15) is 11.2 Å². The van der Waals surface area contributed by atoms with Gasteiger partial charge < -0.3 is 9.47 Å². The molecule has 4 bridgehead atoms. The van der Waals surface area contributed by atoms with Crippen molar-refractivity contribution in [2.75, 3.05) is 6.61 Å². The van der Waals surface area contributed by atoms with E-state index >= 15 is 0 Å². The van der Waals surface area contributed by atoms with Crippen LogP contribution in [0.5, 0.6) is 0 Å². The van der Waals surface area contributed by atoms with Crippen LogP contribution in [0.1, 0.15) is 60.8 Å². The quantitative estimate of drug-likeness (QED) is 0.704. The van der Waals surface area contributed by atoms with Gasteiger partial charge in [-0.3, -0.25) is 9.69 Å². The number of ether oxygens (including phenoxy) is 2. The smallest absolute Gasteiger partial charge is 0.411 e. The Balaban J connectivity index is 1.58. The van der Waals surface area contributed by atoms with E-state index in [-0.39, 0.29) is 40.7 Å². The molecule has 1 saturated carbocycles. The highest BCUT2D eigenvalue weighted by Gasteiger charge is 2.71. The summed E-state index contributed by atoms with van der Waals surface area (Å²) in [6.45, 7) is 12.9. The van der Waals surface area contributed by atoms with Crippen LogP contribution < -0.4 is 0 Å². The maximum atomic E-state index is 13.7. The minimum atomic E-state index is -0.704. The standard InChI is InChI=1S/C21H31NO4/c1-18(2,3)26-17(24)22-13-7-8-15(22)14(11-13)16(23)21-10-9-20(6,12-25-21)19(21,4)5/h7-8,13-15H,9-12H2,1-6H3/t13-,14+,15+,20+,21-/m0/s1. The van der Waals surface area contributed by atoms with Gasteiger partial charge in [-0.2, -0.15) is 0 Å². The van der Waals surface area contributed by atoms with Crippen molar-refractivity contribution in [2.24, 2.45) is 16.7 Å². The lowest BCUT2D eigenvalue weighted by Crippen LogP contribution is -2.52. The van der Waals surface area contributed by atoms with Crippen molar-refractivity contribution in [3.8, 4) is 0 Å². The van der Waals surface area contributed by atoms with Crippen molar-refractivity contribution in [3.05, 3.63) is 12.2 Å². The topological polar surface area (TPSA) is 55.8 Å². The third-order valence-corrected chi connectivity index (χ3v) is 7.64. The van der Waals surface area contributed by atoms with Crippen molar-refractivity contribution in [1.82, 2.24) is 4.90 Å². The van der Waals surface area contributed by atoms with E-state index in [0.717, 1.165) is 12.8 Å². The summed E-state index contributed by atoms with van der Waals surface area (Å²) in [6, 6.07) is -0.249. The molecule has 0 unspecified atom stereocenters. The third kappa shape index (κ3) is 2.12. The minimum absolute atomic E-state index is 0.0440. The highest BCUT2D eigenvalue weighted by Crippen LogP contribution is 2.66. The predicted octanol–water partition coefficient (Wildman–Crippen LogP) is 3.71. The van der Waals surface area contributed by atoms with Gasteiger partial charge in [-0.15, -0.1) is 0 Å². The molecule has 3 fully saturated rings. The molecule has 0 aromatic rings. The van der Waals surface area contributed by atoms with E-state index in [1.165, 1.54) is 0 Å². The Morgan fingerprint density at radius 3 is 2.35 bits per heavy atom. The van der Waals surface area contributed by atoms with E-state index in [9.17, 15) is 9.59 Å². The molecular formula is C21H31NO4. The van der Waals surface area contributed by atoms with Gasteiger partial charge >= 0.3 is 6.09 Å². The lowest BCUT2D eigenvalue weighted by Gasteiger charge is -2.39. The van der Waals surface area contributed by atoms with Crippen LogP contribution in [0.15, 0.2) is 12.2 Å². The van der Waals surface area contributed by atoms with Gasteiger partial charge in [-0.05, 0) is 45.4 Å². The average Bonchev–Trinajstić information content (AvgIpc) is 3.20. The van der Waals surface area contributed by atoms with E-state index in [1.54, 1.807) is 4.90 Å². The highest BCUT2D eigenvalue weighted by molar-refractivity contribution is 5.93. The first-order valence-electron chi connectivity index (χ1n) is 9.80. The number of fused-ring (bicyclic) bond motifs is 4. The van der Waals surface area contributed by atoms with Crippen LogP contribution in [-0.4, -0.2) is 46.7 Å². The summed E-state index contributed by atoms with van der Waals surface area (Å²) in [5.41, 5.74) is -1.37. The minimum Gasteiger partial charge on any atom is -0.444 e. The van der Waals surface area contributed by atoms with E-state index in [4.69, 9.17) is 9.47 Å². The van der Waals surface area contributed by atoms with Gasteiger partial charge in [-0.1, -0.05) is 32.9 Å². The van der Waals surface area contributed by atoms with Gasteiger partial charge in [0, 0.05) is 11.3 Å². The molecule has 0 N–H and O–H groups in total. The van der Waals surface area contributed by atoms with Crippen molar-refractivity contribution >= 4 is 11.9 Å². The van der Waals surface area contributed by atoms with Crippen LogP contribution >= 0.6 is 0 Å². The first kappa shape index (κ1) is 18.0. The SMILES string of the molecule is CC(C)(C)OC(=O)N1[C@@H]2C=C[C@H]1C[C@H]2C(=O)[C@]12CC[C@](C)(CO1)C2(C)C. The van der Waals surface area contributed by atoms with E-state index in [0.29, 0.717) is 13.0 Å². The zero-order chi connectivity index (χ0) is 19.1. The predicted molar refractivity (Wildman–Crippen MR) is 97.7 cm³/mol. The normalized spacial score (nSPS) is 42.5. The van der Waals surface area contributed by atoms with Crippen molar-refractivity contribution < 1.29 is 19.1 Å². The number of hydrogen-bond donors (Lipinski definition) is 0. The number of nitrogens with zero attached hydrogens (tertiary/aromatic N) is 1. The van der Waals surface area contributed by atoms with Crippen LogP contribution in [0.4, 0.5) is 4.79 Å². The Kier molecular flexibility index (Phi) is 3.55. The Labute approximate surface area is 156 Å². The lowest BCUT2D eigenvalue weighted by atomic mass is 9.63. The fraction of sp³-hybridized carbons (Fsp3) is 0.810. The monoisotopic (exact) mass is 361 g/mol. The van der Waals surface area contributed by atoms with E-state index in [2.05, 4.69) is 20.8 Å². The number of carbonyl (C=O) groups is 2. The molecule has 5 heteroatoms. The molecule has 0 spiro atoms. The van der Waals surface area contributed by atoms with Crippen LogP contribution in [0.25, 0.3) is 0 Å². The maximum absolute atomic E-state index is 13.7. The fourth-order valence-corrected chi connectivity index (χ4v) is 5.56. The van der Waals surface area contributed by atoms with Gasteiger partial charge in [-0.25, -0.2) is 4.79 Å². The second kappa shape index (κ2) is 5.12. The maximum Gasteiger partial charge on any atom is 0.411 e. The largest absolute Gasteiger partial charge is 0.444 e. The van der Waals surface area contributed by atoms with Gasteiger partial charge in [0.15, 0.2) is 5.78 Å². The molecule has 5 atom stereocenters.